The van der Waals surface area contributed by atoms with Crippen LogP contribution in [-0.4, -0.2) is 13.7 Å². The molecule has 0 unspecified atom stereocenters. The van der Waals surface area contributed by atoms with E-state index in [1.165, 1.54) is 5.56 Å². The summed E-state index contributed by atoms with van der Waals surface area (Å²) in [6.07, 6.45) is 0.822. The number of nitrogens with two attached hydrogens (primary N) is 1. The molecule has 0 atom stereocenters. The van der Waals surface area contributed by atoms with Gasteiger partial charge < -0.3 is 9.57 Å². The smallest absolute Gasteiger partial charge is 0.0724 e. The first kappa shape index (κ1) is 11.7. The van der Waals surface area contributed by atoms with E-state index >= 15 is 0 Å². The minimum Gasteiger partial charge on any atom is -0.380 e. The Kier molecular flexibility index (Phi) is 5.11. The normalized spacial score (nSPS) is 10.5. The average Bonchev–Trinajstić information content (AvgIpc) is 2.19. The number of methoxy groups -OCH3 is 1. The van der Waals surface area contributed by atoms with Crippen LogP contribution in [0.3, 0.4) is 0 Å². The SMILES string of the molecule is COCc1ccc(CCON)cc1Br. The van der Waals surface area contributed by atoms with Gasteiger partial charge in [-0.1, -0.05) is 28.1 Å². The molecule has 0 aliphatic heterocycles. The molecule has 0 fully saturated rings. The molecule has 0 amide bonds. The Balaban J connectivity index is 2.68. The predicted molar refractivity (Wildman–Crippen MR) is 58.7 cm³/mol. The van der Waals surface area contributed by atoms with Crippen molar-refractivity contribution in [2.75, 3.05) is 13.7 Å². The van der Waals surface area contributed by atoms with Gasteiger partial charge in [-0.2, -0.15) is 0 Å². The molecule has 0 aromatic heterocycles. The summed E-state index contributed by atoms with van der Waals surface area (Å²) in [7, 11) is 1.68. The molecule has 0 aliphatic carbocycles. The first-order chi connectivity index (χ1) is 6.77. The van der Waals surface area contributed by atoms with Gasteiger partial charge in [-0.25, -0.2) is 5.90 Å². The zero-order chi connectivity index (χ0) is 10.4. The van der Waals surface area contributed by atoms with Crippen molar-refractivity contribution < 1.29 is 9.57 Å². The summed E-state index contributed by atoms with van der Waals surface area (Å²) in [6.45, 7) is 1.16. The first-order valence-electron chi connectivity index (χ1n) is 4.36. The van der Waals surface area contributed by atoms with Gasteiger partial charge in [0.15, 0.2) is 0 Å². The van der Waals surface area contributed by atoms with Crippen LogP contribution >= 0.6 is 15.9 Å². The topological polar surface area (TPSA) is 44.5 Å². The molecular formula is C10H14BrNO2. The highest BCUT2D eigenvalue weighted by atomic mass is 79.9. The lowest BCUT2D eigenvalue weighted by molar-refractivity contribution is 0.141. The Labute approximate surface area is 92.3 Å². The fourth-order valence-electron chi connectivity index (χ4n) is 1.20. The molecular weight excluding hydrogens is 246 g/mol. The molecule has 2 N–H and O–H groups in total. The molecule has 0 radical (unpaired) electrons. The van der Waals surface area contributed by atoms with Crippen molar-refractivity contribution in [2.24, 2.45) is 5.90 Å². The minimum absolute atomic E-state index is 0.538. The Hall–Kier alpha value is -0.420. The molecule has 0 heterocycles. The number of benzene rings is 1. The van der Waals surface area contributed by atoms with Crippen LogP contribution in [-0.2, 0) is 22.6 Å². The van der Waals surface area contributed by atoms with Gasteiger partial charge in [0.25, 0.3) is 0 Å². The quantitative estimate of drug-likeness (QED) is 0.824. The van der Waals surface area contributed by atoms with Crippen LogP contribution in [0.4, 0.5) is 0 Å². The van der Waals surface area contributed by atoms with Crippen LogP contribution in [0.2, 0.25) is 0 Å². The standard InChI is InChI=1S/C10H14BrNO2/c1-13-7-9-3-2-8(4-5-14-12)6-10(9)11/h2-3,6H,4-5,7,12H2,1H3. The highest BCUT2D eigenvalue weighted by Crippen LogP contribution is 2.19. The molecule has 0 aliphatic rings. The summed E-state index contributed by atoms with van der Waals surface area (Å²) in [6, 6.07) is 6.16. The van der Waals surface area contributed by atoms with E-state index in [-0.39, 0.29) is 0 Å². The summed E-state index contributed by atoms with van der Waals surface area (Å²) in [5, 5.41) is 0. The lowest BCUT2D eigenvalue weighted by Gasteiger charge is -2.06. The van der Waals surface area contributed by atoms with Crippen molar-refractivity contribution in [2.45, 2.75) is 13.0 Å². The third kappa shape index (κ3) is 3.38. The van der Waals surface area contributed by atoms with Gasteiger partial charge in [0.05, 0.1) is 13.2 Å². The Morgan fingerprint density at radius 3 is 2.79 bits per heavy atom. The molecule has 0 saturated carbocycles. The number of halogens is 1. The van der Waals surface area contributed by atoms with E-state index in [2.05, 4.69) is 32.9 Å². The van der Waals surface area contributed by atoms with Gasteiger partial charge in [0, 0.05) is 11.6 Å². The molecule has 4 heteroatoms. The number of rotatable bonds is 5. The van der Waals surface area contributed by atoms with Crippen LogP contribution in [0.1, 0.15) is 11.1 Å². The maximum absolute atomic E-state index is 5.06. The molecule has 3 nitrogen and oxygen atoms in total. The van der Waals surface area contributed by atoms with Crippen molar-refractivity contribution in [1.29, 1.82) is 0 Å². The molecule has 0 saturated heterocycles. The predicted octanol–water partition coefficient (Wildman–Crippen LogP) is 2.03. The summed E-state index contributed by atoms with van der Waals surface area (Å²) < 4.78 is 6.12. The second kappa shape index (κ2) is 6.14. The number of ether oxygens (including phenoxy) is 1. The molecule has 0 bridgehead atoms. The largest absolute Gasteiger partial charge is 0.380 e. The third-order valence-electron chi connectivity index (χ3n) is 1.93. The molecule has 14 heavy (non-hydrogen) atoms. The van der Waals surface area contributed by atoms with Crippen molar-refractivity contribution in [3.8, 4) is 0 Å². The lowest BCUT2D eigenvalue weighted by atomic mass is 10.1. The van der Waals surface area contributed by atoms with Crippen LogP contribution in [0.15, 0.2) is 22.7 Å². The number of hydrogen-bond acceptors (Lipinski definition) is 3. The summed E-state index contributed by atoms with van der Waals surface area (Å²) in [5.41, 5.74) is 2.34. The fraction of sp³-hybridized carbons (Fsp3) is 0.400. The molecule has 1 aromatic rings. The first-order valence-corrected chi connectivity index (χ1v) is 5.15. The van der Waals surface area contributed by atoms with Gasteiger partial charge in [-0.15, -0.1) is 0 Å². The highest BCUT2D eigenvalue weighted by Gasteiger charge is 2.01. The van der Waals surface area contributed by atoms with Crippen LogP contribution in [0.5, 0.6) is 0 Å². The molecule has 1 aromatic carbocycles. The number of hydrogen-bond donors (Lipinski definition) is 1. The van der Waals surface area contributed by atoms with E-state index in [1.807, 2.05) is 6.07 Å². The summed E-state index contributed by atoms with van der Waals surface area (Å²) >= 11 is 3.49. The van der Waals surface area contributed by atoms with Crippen molar-refractivity contribution in [1.82, 2.24) is 0 Å². The second-order valence-corrected chi connectivity index (χ2v) is 3.83. The van der Waals surface area contributed by atoms with E-state index in [0.29, 0.717) is 13.2 Å². The van der Waals surface area contributed by atoms with Crippen molar-refractivity contribution in [3.63, 3.8) is 0 Å². The molecule has 0 spiro atoms. The summed E-state index contributed by atoms with van der Waals surface area (Å²) in [4.78, 5) is 4.52. The van der Waals surface area contributed by atoms with E-state index in [1.54, 1.807) is 7.11 Å². The molecule has 78 valence electrons. The Morgan fingerprint density at radius 2 is 2.21 bits per heavy atom. The zero-order valence-electron chi connectivity index (χ0n) is 8.13. The monoisotopic (exact) mass is 259 g/mol. The average molecular weight is 260 g/mol. The summed E-state index contributed by atoms with van der Waals surface area (Å²) in [5.74, 6) is 4.96. The molecule has 1 rings (SSSR count). The highest BCUT2D eigenvalue weighted by molar-refractivity contribution is 9.10. The van der Waals surface area contributed by atoms with Gasteiger partial charge in [-0.3, -0.25) is 0 Å². The van der Waals surface area contributed by atoms with Crippen molar-refractivity contribution >= 4 is 15.9 Å². The maximum atomic E-state index is 5.06. The Bertz CT molecular complexity index is 291. The second-order valence-electron chi connectivity index (χ2n) is 2.98. The van der Waals surface area contributed by atoms with E-state index in [9.17, 15) is 0 Å². The zero-order valence-corrected chi connectivity index (χ0v) is 9.71. The van der Waals surface area contributed by atoms with E-state index < -0.39 is 0 Å². The van der Waals surface area contributed by atoms with E-state index in [0.717, 1.165) is 16.5 Å². The van der Waals surface area contributed by atoms with Gasteiger partial charge in [-0.05, 0) is 23.6 Å². The lowest BCUT2D eigenvalue weighted by Crippen LogP contribution is -2.03. The van der Waals surface area contributed by atoms with Gasteiger partial charge >= 0.3 is 0 Å². The van der Waals surface area contributed by atoms with Crippen molar-refractivity contribution in [3.05, 3.63) is 33.8 Å². The fourth-order valence-corrected chi connectivity index (χ4v) is 1.74. The van der Waals surface area contributed by atoms with Gasteiger partial charge in [0.1, 0.15) is 0 Å². The maximum Gasteiger partial charge on any atom is 0.0724 e. The third-order valence-corrected chi connectivity index (χ3v) is 2.66. The van der Waals surface area contributed by atoms with Gasteiger partial charge in [0.2, 0.25) is 0 Å². The van der Waals surface area contributed by atoms with Crippen LogP contribution in [0.25, 0.3) is 0 Å². The minimum atomic E-state index is 0.538. The van der Waals surface area contributed by atoms with E-state index in [4.69, 9.17) is 10.6 Å². The van der Waals surface area contributed by atoms with Crippen LogP contribution < -0.4 is 5.90 Å². The van der Waals surface area contributed by atoms with Crippen LogP contribution in [0, 0.1) is 0 Å². The Morgan fingerprint density at radius 1 is 1.43 bits per heavy atom.